The number of rotatable bonds is 4. The predicted octanol–water partition coefficient (Wildman–Crippen LogP) is 1.85. The van der Waals surface area contributed by atoms with Crippen molar-refractivity contribution in [3.05, 3.63) is 64.7 Å². The topological polar surface area (TPSA) is 90.8 Å². The number of carbonyl (C=O) groups is 1. The number of aromatic amines is 1. The molecule has 0 amide bonds. The van der Waals surface area contributed by atoms with Crippen LogP contribution in [0.3, 0.4) is 0 Å². The van der Waals surface area contributed by atoms with Gasteiger partial charge in [0.15, 0.2) is 5.16 Å². The lowest BCUT2D eigenvalue weighted by Crippen LogP contribution is -2.26. The van der Waals surface area contributed by atoms with Gasteiger partial charge in [-0.3, -0.25) is 9.36 Å². The maximum atomic E-state index is 14.3. The molecule has 26 heavy (non-hydrogen) atoms. The highest BCUT2D eigenvalue weighted by atomic mass is 32.2. The van der Waals surface area contributed by atoms with Gasteiger partial charge in [0.2, 0.25) is 0 Å². The molecule has 0 atom stereocenters. The Labute approximate surface area is 150 Å². The van der Waals surface area contributed by atoms with Gasteiger partial charge in [-0.1, -0.05) is 42.1 Å². The van der Waals surface area contributed by atoms with Crippen LogP contribution in [0.5, 0.6) is 0 Å². The number of carboxylic acid groups (broad SMARTS) is 1. The minimum Gasteiger partial charge on any atom is -0.549 e. The summed E-state index contributed by atoms with van der Waals surface area (Å²) >= 11 is 0.809. The quantitative estimate of drug-likeness (QED) is 0.438. The summed E-state index contributed by atoms with van der Waals surface area (Å²) in [6.07, 6.45) is 0. The molecule has 0 saturated carbocycles. The molecule has 1 N–H and O–H groups in total. The molecule has 4 aromatic rings. The Balaban J connectivity index is 2.07. The minimum atomic E-state index is -1.30. The zero-order valence-electron chi connectivity index (χ0n) is 13.2. The fraction of sp³-hybridized carbons (Fsp3) is 0.0556. The predicted molar refractivity (Wildman–Crippen MR) is 94.9 cm³/mol. The van der Waals surface area contributed by atoms with Gasteiger partial charge < -0.3 is 14.9 Å². The number of carbonyl (C=O) groups excluding carboxylic acids is 1. The first-order valence-electron chi connectivity index (χ1n) is 7.67. The van der Waals surface area contributed by atoms with Gasteiger partial charge in [0.25, 0.3) is 5.56 Å². The van der Waals surface area contributed by atoms with E-state index in [4.69, 9.17) is 0 Å². The fourth-order valence-corrected chi connectivity index (χ4v) is 3.52. The smallest absolute Gasteiger partial charge is 0.283 e. The van der Waals surface area contributed by atoms with E-state index in [-0.39, 0.29) is 16.4 Å². The first kappa shape index (κ1) is 16.3. The van der Waals surface area contributed by atoms with Crippen molar-refractivity contribution in [2.75, 3.05) is 5.75 Å². The molecule has 0 saturated heterocycles. The van der Waals surface area contributed by atoms with Crippen molar-refractivity contribution in [1.29, 1.82) is 0 Å². The first-order chi connectivity index (χ1) is 12.6. The number of aromatic nitrogens is 3. The number of nitrogens with zero attached hydrogens (tertiary/aromatic N) is 2. The van der Waals surface area contributed by atoms with Crippen molar-refractivity contribution in [1.82, 2.24) is 14.5 Å². The highest BCUT2D eigenvalue weighted by molar-refractivity contribution is 7.99. The Morgan fingerprint density at radius 1 is 1.19 bits per heavy atom. The summed E-state index contributed by atoms with van der Waals surface area (Å²) in [5.74, 6) is -2.32. The van der Waals surface area contributed by atoms with Crippen molar-refractivity contribution in [2.45, 2.75) is 5.16 Å². The number of fused-ring (bicyclic) bond motifs is 3. The second kappa shape index (κ2) is 6.30. The number of H-pyrrole nitrogens is 1. The summed E-state index contributed by atoms with van der Waals surface area (Å²) in [7, 11) is 0. The normalized spacial score (nSPS) is 11.3. The second-order valence-corrected chi connectivity index (χ2v) is 6.48. The second-order valence-electron chi connectivity index (χ2n) is 5.54. The molecule has 0 aliphatic rings. The monoisotopic (exact) mass is 368 g/mol. The number of para-hydroxylation sites is 2. The number of carboxylic acids is 1. The third kappa shape index (κ3) is 2.64. The number of aliphatic carboxylic acids is 1. The standard InChI is InChI=1S/C18H12FN3O3S/c19-11-6-2-4-8-13(11)22-17(25)16-15(21-18(22)26-9-14(23)24)10-5-1-3-7-12(10)20-16/h1-8,20H,9H2,(H,23,24)/p-1. The molecule has 4 rings (SSSR count). The van der Waals surface area contributed by atoms with Gasteiger partial charge in [-0.05, 0) is 18.2 Å². The van der Waals surface area contributed by atoms with Crippen LogP contribution in [0.2, 0.25) is 0 Å². The van der Waals surface area contributed by atoms with Gasteiger partial charge in [0.05, 0.1) is 11.7 Å². The van der Waals surface area contributed by atoms with Crippen molar-refractivity contribution in [3.63, 3.8) is 0 Å². The van der Waals surface area contributed by atoms with Gasteiger partial charge in [0, 0.05) is 16.7 Å². The van der Waals surface area contributed by atoms with Gasteiger partial charge in [0.1, 0.15) is 16.9 Å². The van der Waals surface area contributed by atoms with Crippen LogP contribution in [0.4, 0.5) is 4.39 Å². The summed E-state index contributed by atoms with van der Waals surface area (Å²) in [6.45, 7) is 0. The Morgan fingerprint density at radius 2 is 1.92 bits per heavy atom. The Hall–Kier alpha value is -3.13. The molecule has 8 heteroatoms. The molecule has 0 aliphatic carbocycles. The van der Waals surface area contributed by atoms with Crippen molar-refractivity contribution < 1.29 is 14.3 Å². The van der Waals surface area contributed by atoms with E-state index in [9.17, 15) is 19.1 Å². The van der Waals surface area contributed by atoms with E-state index in [2.05, 4.69) is 9.97 Å². The zero-order chi connectivity index (χ0) is 18.3. The summed E-state index contributed by atoms with van der Waals surface area (Å²) in [6, 6.07) is 13.0. The molecule has 0 radical (unpaired) electrons. The molecular weight excluding hydrogens is 357 g/mol. The van der Waals surface area contributed by atoms with Crippen LogP contribution in [0.15, 0.2) is 58.5 Å². The number of nitrogens with one attached hydrogen (secondary N) is 1. The van der Waals surface area contributed by atoms with E-state index in [1.54, 1.807) is 18.2 Å². The van der Waals surface area contributed by atoms with Crippen LogP contribution in [0.1, 0.15) is 0 Å². The SMILES string of the molecule is O=C([O-])CSc1nc2c([nH]c3ccccc32)c(=O)n1-c1ccccc1F. The molecule has 0 bridgehead atoms. The molecule has 0 unspecified atom stereocenters. The third-order valence-electron chi connectivity index (χ3n) is 3.91. The molecular formula is C18H11FN3O3S-. The highest BCUT2D eigenvalue weighted by Crippen LogP contribution is 2.26. The average molecular weight is 368 g/mol. The Kier molecular flexibility index (Phi) is 3.96. The van der Waals surface area contributed by atoms with Gasteiger partial charge in [-0.25, -0.2) is 9.37 Å². The lowest BCUT2D eigenvalue weighted by molar-refractivity contribution is -0.301. The van der Waals surface area contributed by atoms with E-state index >= 15 is 0 Å². The molecule has 0 aliphatic heterocycles. The molecule has 130 valence electrons. The van der Waals surface area contributed by atoms with Crippen LogP contribution in [-0.4, -0.2) is 26.3 Å². The lowest BCUT2D eigenvalue weighted by Gasteiger charge is -2.13. The summed E-state index contributed by atoms with van der Waals surface area (Å²) in [5, 5.41) is 11.7. The van der Waals surface area contributed by atoms with Crippen LogP contribution in [-0.2, 0) is 4.79 Å². The van der Waals surface area contributed by atoms with Crippen LogP contribution in [0.25, 0.3) is 27.6 Å². The van der Waals surface area contributed by atoms with Gasteiger partial charge in [-0.2, -0.15) is 0 Å². The maximum Gasteiger partial charge on any atom is 0.283 e. The van der Waals surface area contributed by atoms with Crippen molar-refractivity contribution in [2.24, 2.45) is 0 Å². The van der Waals surface area contributed by atoms with E-state index in [1.807, 2.05) is 12.1 Å². The molecule has 2 aromatic heterocycles. The Bertz CT molecular complexity index is 1220. The van der Waals surface area contributed by atoms with E-state index < -0.39 is 23.1 Å². The minimum absolute atomic E-state index is 0.00593. The highest BCUT2D eigenvalue weighted by Gasteiger charge is 2.18. The summed E-state index contributed by atoms with van der Waals surface area (Å²) in [5.41, 5.74) is 0.865. The van der Waals surface area contributed by atoms with E-state index in [0.29, 0.717) is 11.0 Å². The average Bonchev–Trinajstić information content (AvgIpc) is 3.00. The van der Waals surface area contributed by atoms with Crippen LogP contribution in [0, 0.1) is 5.82 Å². The largest absolute Gasteiger partial charge is 0.549 e. The van der Waals surface area contributed by atoms with Crippen molar-refractivity contribution in [3.8, 4) is 5.69 Å². The number of hydrogen-bond acceptors (Lipinski definition) is 5. The van der Waals surface area contributed by atoms with Crippen molar-refractivity contribution >= 4 is 39.7 Å². The number of thioether (sulfide) groups is 1. The Morgan fingerprint density at radius 3 is 2.69 bits per heavy atom. The van der Waals surface area contributed by atoms with Gasteiger partial charge >= 0.3 is 0 Å². The van der Waals surface area contributed by atoms with Crippen LogP contribution < -0.4 is 10.7 Å². The number of hydrogen-bond donors (Lipinski definition) is 1. The number of halogens is 1. The van der Waals surface area contributed by atoms with E-state index in [1.165, 1.54) is 18.2 Å². The van der Waals surface area contributed by atoms with E-state index in [0.717, 1.165) is 21.7 Å². The molecule has 2 heterocycles. The summed E-state index contributed by atoms with van der Waals surface area (Å²) < 4.78 is 15.4. The number of benzene rings is 2. The zero-order valence-corrected chi connectivity index (χ0v) is 14.0. The molecule has 0 fully saturated rings. The fourth-order valence-electron chi connectivity index (χ4n) is 2.81. The molecule has 2 aromatic carbocycles. The van der Waals surface area contributed by atoms with Gasteiger partial charge in [-0.15, -0.1) is 0 Å². The summed E-state index contributed by atoms with van der Waals surface area (Å²) in [4.78, 5) is 31.4. The third-order valence-corrected chi connectivity index (χ3v) is 4.82. The van der Waals surface area contributed by atoms with Crippen LogP contribution >= 0.6 is 11.8 Å². The first-order valence-corrected chi connectivity index (χ1v) is 8.66. The molecule has 0 spiro atoms. The lowest BCUT2D eigenvalue weighted by atomic mass is 10.2. The maximum absolute atomic E-state index is 14.3. The molecule has 6 nitrogen and oxygen atoms in total.